The molecule has 4 rings (SSSR count). The summed E-state index contributed by atoms with van der Waals surface area (Å²) in [6.45, 7) is 2.40. The predicted octanol–water partition coefficient (Wildman–Crippen LogP) is 0.653. The van der Waals surface area contributed by atoms with Gasteiger partial charge in [0.15, 0.2) is 23.2 Å². The molecule has 148 valence electrons. The highest BCUT2D eigenvalue weighted by molar-refractivity contribution is 5.82. The molecule has 1 saturated heterocycles. The number of ether oxygens (including phenoxy) is 1. The van der Waals surface area contributed by atoms with Crippen LogP contribution >= 0.6 is 0 Å². The van der Waals surface area contributed by atoms with E-state index in [1.807, 2.05) is 18.2 Å². The van der Waals surface area contributed by atoms with Crippen molar-refractivity contribution >= 4 is 17.0 Å². The van der Waals surface area contributed by atoms with Gasteiger partial charge in [-0.2, -0.15) is 0 Å². The number of aromatic nitrogens is 4. The second-order valence-electron chi connectivity index (χ2n) is 6.97. The zero-order valence-corrected chi connectivity index (χ0v) is 15.4. The second kappa shape index (κ2) is 7.80. The van der Waals surface area contributed by atoms with Gasteiger partial charge < -0.3 is 25.4 Å². The lowest BCUT2D eigenvalue weighted by Crippen LogP contribution is -2.33. The summed E-state index contributed by atoms with van der Waals surface area (Å²) < 4.78 is 7.12. The van der Waals surface area contributed by atoms with Gasteiger partial charge in [0.25, 0.3) is 0 Å². The van der Waals surface area contributed by atoms with Crippen LogP contribution in [0.3, 0.4) is 0 Å². The van der Waals surface area contributed by atoms with Crippen LogP contribution < -0.4 is 5.32 Å². The third kappa shape index (κ3) is 3.33. The molecule has 4 N–H and O–H groups in total. The van der Waals surface area contributed by atoms with Gasteiger partial charge in [-0.05, 0) is 11.5 Å². The molecule has 0 amide bonds. The average molecular weight is 385 g/mol. The quantitative estimate of drug-likeness (QED) is 0.487. The van der Waals surface area contributed by atoms with Crippen molar-refractivity contribution in [3.05, 3.63) is 48.5 Å². The summed E-state index contributed by atoms with van der Waals surface area (Å²) in [4.78, 5) is 12.9. The predicted molar refractivity (Wildman–Crippen MR) is 102 cm³/mol. The Balaban J connectivity index is 1.56. The van der Waals surface area contributed by atoms with Crippen molar-refractivity contribution < 1.29 is 20.1 Å². The fourth-order valence-electron chi connectivity index (χ4n) is 3.43. The minimum atomic E-state index is -1.20. The zero-order chi connectivity index (χ0) is 19.7. The Labute approximate surface area is 161 Å². The van der Waals surface area contributed by atoms with E-state index in [2.05, 4.69) is 39.3 Å². The number of hydrogen-bond acceptors (Lipinski definition) is 8. The molecule has 0 aliphatic carbocycles. The van der Waals surface area contributed by atoms with Crippen LogP contribution in [-0.4, -0.2) is 66.3 Å². The molecule has 5 atom stereocenters. The van der Waals surface area contributed by atoms with Gasteiger partial charge in [0.05, 0.1) is 12.9 Å². The topological polar surface area (TPSA) is 126 Å². The first-order chi connectivity index (χ1) is 13.6. The van der Waals surface area contributed by atoms with Crippen LogP contribution in [0.4, 0.5) is 5.82 Å². The number of nitrogens with one attached hydrogen (secondary N) is 1. The summed E-state index contributed by atoms with van der Waals surface area (Å²) >= 11 is 0. The fraction of sp³-hybridized carbons (Fsp3) is 0.421. The number of anilines is 1. The molecule has 3 aromatic rings. The monoisotopic (exact) mass is 385 g/mol. The molecule has 28 heavy (non-hydrogen) atoms. The Bertz CT molecular complexity index is 934. The van der Waals surface area contributed by atoms with E-state index in [9.17, 15) is 15.3 Å². The van der Waals surface area contributed by atoms with Crippen LogP contribution in [0.2, 0.25) is 0 Å². The molecule has 0 bridgehead atoms. The molecule has 9 heteroatoms. The molecule has 9 nitrogen and oxygen atoms in total. The van der Waals surface area contributed by atoms with E-state index in [1.165, 1.54) is 18.2 Å². The maximum absolute atomic E-state index is 10.3. The lowest BCUT2D eigenvalue weighted by Gasteiger charge is -2.17. The van der Waals surface area contributed by atoms with Gasteiger partial charge in [0.1, 0.15) is 24.6 Å². The number of imidazole rings is 1. The van der Waals surface area contributed by atoms with Gasteiger partial charge in [0.2, 0.25) is 0 Å². The Kier molecular flexibility index (Phi) is 5.23. The van der Waals surface area contributed by atoms with E-state index in [1.54, 1.807) is 4.57 Å². The summed E-state index contributed by atoms with van der Waals surface area (Å²) in [7, 11) is 0. The minimum absolute atomic E-state index is 0.272. The smallest absolute Gasteiger partial charge is 0.167 e. The summed E-state index contributed by atoms with van der Waals surface area (Å²) in [6, 6.07) is 10.2. The summed E-state index contributed by atoms with van der Waals surface area (Å²) in [5.41, 5.74) is 2.23. The first-order valence-corrected chi connectivity index (χ1v) is 9.19. The van der Waals surface area contributed by atoms with Crippen LogP contribution in [0.5, 0.6) is 0 Å². The number of aliphatic hydroxyl groups excluding tert-OH is 3. The number of fused-ring (bicyclic) bond motifs is 1. The number of hydrogen-bond donors (Lipinski definition) is 4. The Morgan fingerprint density at radius 3 is 2.64 bits per heavy atom. The van der Waals surface area contributed by atoms with E-state index in [0.29, 0.717) is 23.5 Å². The van der Waals surface area contributed by atoms with Crippen molar-refractivity contribution in [2.45, 2.75) is 37.4 Å². The highest BCUT2D eigenvalue weighted by Gasteiger charge is 2.44. The van der Waals surface area contributed by atoms with E-state index >= 15 is 0 Å². The number of rotatable bonds is 6. The first-order valence-electron chi connectivity index (χ1n) is 9.19. The molecule has 1 fully saturated rings. The molecule has 2 aromatic heterocycles. The van der Waals surface area contributed by atoms with E-state index < -0.39 is 24.5 Å². The van der Waals surface area contributed by atoms with E-state index in [0.717, 1.165) is 0 Å². The van der Waals surface area contributed by atoms with Crippen molar-refractivity contribution in [3.8, 4) is 0 Å². The average Bonchev–Trinajstić information content (AvgIpc) is 3.28. The third-order valence-electron chi connectivity index (χ3n) is 5.09. The van der Waals surface area contributed by atoms with Crippen LogP contribution in [0.15, 0.2) is 43.0 Å². The molecule has 1 aliphatic rings. The van der Waals surface area contributed by atoms with Crippen molar-refractivity contribution in [2.24, 2.45) is 0 Å². The summed E-state index contributed by atoms with van der Waals surface area (Å²) in [6.07, 6.45) is -1.22. The van der Waals surface area contributed by atoms with Crippen LogP contribution in [0.1, 0.15) is 24.6 Å². The molecule has 0 unspecified atom stereocenters. The maximum atomic E-state index is 10.3. The molecule has 1 aromatic carbocycles. The summed E-state index contributed by atoms with van der Waals surface area (Å²) in [5.74, 6) is 0.854. The second-order valence-corrected chi connectivity index (χ2v) is 6.97. The van der Waals surface area contributed by atoms with Crippen LogP contribution in [0.25, 0.3) is 11.2 Å². The Morgan fingerprint density at radius 2 is 1.93 bits per heavy atom. The van der Waals surface area contributed by atoms with Crippen molar-refractivity contribution in [1.29, 1.82) is 0 Å². The van der Waals surface area contributed by atoms with Gasteiger partial charge in [-0.25, -0.2) is 15.0 Å². The van der Waals surface area contributed by atoms with Crippen LogP contribution in [0, 0.1) is 0 Å². The third-order valence-corrected chi connectivity index (χ3v) is 5.09. The van der Waals surface area contributed by atoms with E-state index in [4.69, 9.17) is 4.74 Å². The first kappa shape index (κ1) is 18.8. The lowest BCUT2D eigenvalue weighted by atomic mass is 10.0. The molecule has 0 saturated carbocycles. The standard InChI is InChI=1S/C19H23N5O4/c1-11(12-5-3-2-4-6-12)7-20-17-14-18(22-9-21-17)24(10-23-14)19-16(27)15(26)13(8-25)28-19/h2-6,9-11,13,15-16,19,25-27H,7-8H2,1H3,(H,20,21,22)/t11-,13+,15+,16+,19+/m0/s1. The highest BCUT2D eigenvalue weighted by atomic mass is 16.6. The maximum Gasteiger partial charge on any atom is 0.167 e. The number of nitrogens with zero attached hydrogens (tertiary/aromatic N) is 4. The van der Waals surface area contributed by atoms with Gasteiger partial charge in [-0.1, -0.05) is 37.3 Å². The van der Waals surface area contributed by atoms with Gasteiger partial charge in [0, 0.05) is 6.54 Å². The van der Waals surface area contributed by atoms with Gasteiger partial charge >= 0.3 is 0 Å². The normalized spacial score (nSPS) is 25.9. The number of aliphatic hydroxyl groups is 3. The number of benzene rings is 1. The Hall–Kier alpha value is -2.59. The van der Waals surface area contributed by atoms with Crippen LogP contribution in [-0.2, 0) is 4.74 Å². The molecular formula is C19H23N5O4. The summed E-state index contributed by atoms with van der Waals surface area (Å²) in [5, 5.41) is 32.9. The van der Waals surface area contributed by atoms with Crippen molar-refractivity contribution in [2.75, 3.05) is 18.5 Å². The fourth-order valence-corrected chi connectivity index (χ4v) is 3.43. The van der Waals surface area contributed by atoms with Crippen molar-refractivity contribution in [3.63, 3.8) is 0 Å². The molecule has 0 radical (unpaired) electrons. The van der Waals surface area contributed by atoms with Gasteiger partial charge in [-0.3, -0.25) is 4.57 Å². The largest absolute Gasteiger partial charge is 0.394 e. The minimum Gasteiger partial charge on any atom is -0.394 e. The molecule has 3 heterocycles. The van der Waals surface area contributed by atoms with E-state index in [-0.39, 0.29) is 12.5 Å². The molecule has 0 spiro atoms. The van der Waals surface area contributed by atoms with Gasteiger partial charge in [-0.15, -0.1) is 0 Å². The SMILES string of the molecule is C[C@@H](CNc1ncnc2c1ncn2[C@@H]1O[C@H](CO)[C@@H](O)[C@H]1O)c1ccccc1. The molecular weight excluding hydrogens is 362 g/mol. The molecule has 1 aliphatic heterocycles. The zero-order valence-electron chi connectivity index (χ0n) is 15.4. The Morgan fingerprint density at radius 1 is 1.14 bits per heavy atom. The highest BCUT2D eigenvalue weighted by Crippen LogP contribution is 2.32. The lowest BCUT2D eigenvalue weighted by molar-refractivity contribution is -0.0511. The van der Waals surface area contributed by atoms with Crippen molar-refractivity contribution in [1.82, 2.24) is 19.5 Å².